The second-order valence-electron chi connectivity index (χ2n) is 14.1. The van der Waals surface area contributed by atoms with E-state index in [4.69, 9.17) is 0 Å². The summed E-state index contributed by atoms with van der Waals surface area (Å²) in [6, 6.07) is 73.3. The first kappa shape index (κ1) is 31.1. The molecule has 0 radical (unpaired) electrons. The fourth-order valence-corrected chi connectivity index (χ4v) is 8.44. The molecule has 0 N–H and O–H groups in total. The number of nitrogens with zero attached hydrogens (tertiary/aromatic N) is 2. The zero-order chi connectivity index (χ0) is 35.1. The third-order valence-electron chi connectivity index (χ3n) is 11.0. The first-order valence-electron chi connectivity index (χ1n) is 18.6. The van der Waals surface area contributed by atoms with Crippen molar-refractivity contribution in [2.24, 2.45) is 0 Å². The van der Waals surface area contributed by atoms with E-state index in [0.717, 1.165) is 12.8 Å². The lowest BCUT2D eigenvalue weighted by atomic mass is 9.86. The molecular weight excluding hydrogens is 641 g/mol. The normalized spacial score (nSPS) is 12.2. The highest BCUT2D eigenvalue weighted by molar-refractivity contribution is 6.19. The molecule has 0 aliphatic heterocycles. The van der Waals surface area contributed by atoms with Crippen LogP contribution in [0.4, 0.5) is 0 Å². The third kappa shape index (κ3) is 5.51. The number of aryl methyl sites for hydroxylation is 1. The smallest absolute Gasteiger partial charge is 0.0562 e. The summed E-state index contributed by atoms with van der Waals surface area (Å²) in [6.07, 6.45) is 2.04. The van der Waals surface area contributed by atoms with Gasteiger partial charge in [-0.05, 0) is 89.2 Å². The summed E-state index contributed by atoms with van der Waals surface area (Å²) < 4.78 is 4.86. The number of aromatic nitrogens is 2. The van der Waals surface area contributed by atoms with Crippen molar-refractivity contribution in [1.82, 2.24) is 9.13 Å². The molecule has 1 atom stereocenters. The highest BCUT2D eigenvalue weighted by Gasteiger charge is 2.19. The Bertz CT molecular complexity index is 2850. The quantitative estimate of drug-likeness (QED) is 0.151. The molecule has 0 spiro atoms. The van der Waals surface area contributed by atoms with E-state index in [1.165, 1.54) is 82.8 Å². The zero-order valence-corrected chi connectivity index (χ0v) is 29.4. The van der Waals surface area contributed by atoms with Gasteiger partial charge < -0.3 is 9.13 Å². The first-order valence-corrected chi connectivity index (χ1v) is 18.6. The van der Waals surface area contributed by atoms with Gasteiger partial charge in [0.05, 0.1) is 22.1 Å². The average Bonchev–Trinajstić information content (AvgIpc) is 3.73. The highest BCUT2D eigenvalue weighted by atomic mass is 15.0. The molecule has 0 bridgehead atoms. The van der Waals surface area contributed by atoms with Crippen LogP contribution >= 0.6 is 0 Å². The molecule has 0 amide bonds. The van der Waals surface area contributed by atoms with E-state index in [2.05, 4.69) is 209 Å². The molecule has 0 saturated heterocycles. The lowest BCUT2D eigenvalue weighted by Crippen LogP contribution is -2.04. The monoisotopic (exact) mass is 678 g/mol. The summed E-state index contributed by atoms with van der Waals surface area (Å²) in [5, 5.41) is 5.09. The summed E-state index contributed by atoms with van der Waals surface area (Å²) in [7, 11) is 0. The standard InChI is InChI=1S/C51H38N2/c1-4-14-37(15-5-1)38-27-24-36(25-28-38)26-33-43(39-16-6-2-7-17-39)40-29-31-42(32-30-40)53-49-23-13-11-21-45(49)47-34-46-44-20-10-12-22-48(44)52(50(46)35-51(47)53)41-18-8-3-9-19-41/h1-25,27-32,34-35,43H,26,33H2/t43-/m1/s1. The second-order valence-corrected chi connectivity index (χ2v) is 14.1. The van der Waals surface area contributed by atoms with Gasteiger partial charge in [0, 0.05) is 38.8 Å². The summed E-state index contributed by atoms with van der Waals surface area (Å²) in [6.45, 7) is 0. The zero-order valence-electron chi connectivity index (χ0n) is 29.4. The van der Waals surface area contributed by atoms with Crippen LogP contribution in [0.3, 0.4) is 0 Å². The fourth-order valence-electron chi connectivity index (χ4n) is 8.44. The molecule has 53 heavy (non-hydrogen) atoms. The van der Waals surface area contributed by atoms with E-state index < -0.39 is 0 Å². The van der Waals surface area contributed by atoms with E-state index in [0.29, 0.717) is 5.92 Å². The predicted molar refractivity (Wildman–Crippen MR) is 224 cm³/mol. The van der Waals surface area contributed by atoms with Crippen molar-refractivity contribution in [3.63, 3.8) is 0 Å². The minimum Gasteiger partial charge on any atom is -0.309 e. The Kier molecular flexibility index (Phi) is 7.73. The van der Waals surface area contributed by atoms with Crippen molar-refractivity contribution >= 4 is 43.6 Å². The number of para-hydroxylation sites is 3. The Morgan fingerprint density at radius 1 is 0.340 bits per heavy atom. The van der Waals surface area contributed by atoms with Gasteiger partial charge in [-0.25, -0.2) is 0 Å². The highest BCUT2D eigenvalue weighted by Crippen LogP contribution is 2.40. The molecule has 0 aliphatic carbocycles. The summed E-state index contributed by atoms with van der Waals surface area (Å²) in [5.74, 6) is 0.290. The molecule has 2 aromatic heterocycles. The van der Waals surface area contributed by atoms with Gasteiger partial charge in [-0.15, -0.1) is 0 Å². The number of fused-ring (bicyclic) bond motifs is 6. The first-order chi connectivity index (χ1) is 26.3. The van der Waals surface area contributed by atoms with Gasteiger partial charge in [-0.2, -0.15) is 0 Å². The largest absolute Gasteiger partial charge is 0.309 e. The maximum atomic E-state index is 2.45. The summed E-state index contributed by atoms with van der Waals surface area (Å²) >= 11 is 0. The van der Waals surface area contributed by atoms with Crippen LogP contribution in [-0.4, -0.2) is 9.13 Å². The molecule has 0 aliphatic rings. The van der Waals surface area contributed by atoms with Gasteiger partial charge in [0.15, 0.2) is 0 Å². The van der Waals surface area contributed by atoms with Crippen LogP contribution in [0.15, 0.2) is 200 Å². The van der Waals surface area contributed by atoms with Gasteiger partial charge in [-0.3, -0.25) is 0 Å². The number of hydrogen-bond donors (Lipinski definition) is 0. The Hall–Kier alpha value is -6.64. The minimum atomic E-state index is 0.290. The maximum absolute atomic E-state index is 2.45. The van der Waals surface area contributed by atoms with Crippen LogP contribution in [0.1, 0.15) is 29.0 Å². The van der Waals surface area contributed by atoms with Crippen molar-refractivity contribution < 1.29 is 0 Å². The molecule has 2 nitrogen and oxygen atoms in total. The van der Waals surface area contributed by atoms with Crippen molar-refractivity contribution in [1.29, 1.82) is 0 Å². The van der Waals surface area contributed by atoms with Gasteiger partial charge in [0.25, 0.3) is 0 Å². The lowest BCUT2D eigenvalue weighted by molar-refractivity contribution is 0.715. The predicted octanol–water partition coefficient (Wildman–Crippen LogP) is 13.3. The molecule has 10 rings (SSSR count). The number of rotatable bonds is 8. The second kappa shape index (κ2) is 13.2. The Balaban J connectivity index is 1.05. The average molecular weight is 679 g/mol. The van der Waals surface area contributed by atoms with Crippen LogP contribution in [-0.2, 0) is 6.42 Å². The molecular formula is C51H38N2. The van der Waals surface area contributed by atoms with Crippen LogP contribution in [0.2, 0.25) is 0 Å². The molecule has 2 heteroatoms. The van der Waals surface area contributed by atoms with E-state index in [1.807, 2.05) is 0 Å². The van der Waals surface area contributed by atoms with Crippen molar-refractivity contribution in [2.75, 3.05) is 0 Å². The van der Waals surface area contributed by atoms with Crippen LogP contribution in [0.25, 0.3) is 66.1 Å². The van der Waals surface area contributed by atoms with Crippen molar-refractivity contribution in [3.05, 3.63) is 217 Å². The van der Waals surface area contributed by atoms with E-state index >= 15 is 0 Å². The van der Waals surface area contributed by atoms with Gasteiger partial charge >= 0.3 is 0 Å². The maximum Gasteiger partial charge on any atom is 0.0562 e. The summed E-state index contributed by atoms with van der Waals surface area (Å²) in [5.41, 5.74) is 13.8. The van der Waals surface area contributed by atoms with Crippen molar-refractivity contribution in [3.8, 4) is 22.5 Å². The Morgan fingerprint density at radius 3 is 1.42 bits per heavy atom. The van der Waals surface area contributed by atoms with Crippen molar-refractivity contribution in [2.45, 2.75) is 18.8 Å². The SMILES string of the molecule is c1ccc(-c2ccc(CC[C@H](c3ccccc3)c3ccc(-n4c5ccccc5c5cc6c7ccccc7n(-c7ccccc7)c6cc54)cc3)cc2)cc1. The Morgan fingerprint density at radius 2 is 0.811 bits per heavy atom. The molecule has 252 valence electrons. The molecule has 2 heterocycles. The topological polar surface area (TPSA) is 9.86 Å². The lowest BCUT2D eigenvalue weighted by Gasteiger charge is -2.19. The molecule has 0 saturated carbocycles. The molecule has 8 aromatic carbocycles. The van der Waals surface area contributed by atoms with E-state index in [9.17, 15) is 0 Å². The third-order valence-corrected chi connectivity index (χ3v) is 11.0. The minimum absolute atomic E-state index is 0.290. The van der Waals surface area contributed by atoms with Crippen LogP contribution < -0.4 is 0 Å². The van der Waals surface area contributed by atoms with Crippen LogP contribution in [0, 0.1) is 0 Å². The number of benzene rings is 8. The van der Waals surface area contributed by atoms with E-state index in [1.54, 1.807) is 0 Å². The molecule has 0 fully saturated rings. The fraction of sp³-hybridized carbons (Fsp3) is 0.0588. The van der Waals surface area contributed by atoms with Crippen LogP contribution in [0.5, 0.6) is 0 Å². The van der Waals surface area contributed by atoms with E-state index in [-0.39, 0.29) is 0 Å². The van der Waals surface area contributed by atoms with Gasteiger partial charge in [-0.1, -0.05) is 152 Å². The molecule has 10 aromatic rings. The summed E-state index contributed by atoms with van der Waals surface area (Å²) in [4.78, 5) is 0. The molecule has 0 unspecified atom stereocenters. The number of hydrogen-bond acceptors (Lipinski definition) is 0. The Labute approximate surface area is 309 Å². The van der Waals surface area contributed by atoms with Gasteiger partial charge in [0.1, 0.15) is 0 Å². The van der Waals surface area contributed by atoms with Gasteiger partial charge in [0.2, 0.25) is 0 Å².